The third-order valence-electron chi connectivity index (χ3n) is 2.23. The Kier molecular flexibility index (Phi) is 2.45. The number of likely N-dealkylation sites (tertiary alicyclic amines) is 1. The minimum atomic E-state index is -0.784. The molecule has 13 heavy (non-hydrogen) atoms. The van der Waals surface area contributed by atoms with Gasteiger partial charge in [0.05, 0.1) is 6.54 Å². The minimum absolute atomic E-state index is 0.00297. The smallest absolute Gasteiger partial charge is 0.405 e. The van der Waals surface area contributed by atoms with E-state index in [2.05, 4.69) is 0 Å². The molecule has 0 aromatic carbocycles. The lowest BCUT2D eigenvalue weighted by Crippen LogP contribution is -2.38. The Morgan fingerprint density at radius 1 is 1.54 bits per heavy atom. The zero-order valence-corrected chi connectivity index (χ0v) is 7.87. The molecule has 5 nitrogen and oxygen atoms in total. The Balaban J connectivity index is 2.56. The van der Waals surface area contributed by atoms with Crippen LogP contribution in [0.15, 0.2) is 0 Å². The zero-order chi connectivity index (χ0) is 10.1. The Hall–Kier alpha value is -1.26. The van der Waals surface area contributed by atoms with E-state index in [9.17, 15) is 9.59 Å². The second-order valence-electron chi connectivity index (χ2n) is 3.56. The van der Waals surface area contributed by atoms with Crippen molar-refractivity contribution in [1.29, 1.82) is 0 Å². The first-order valence-corrected chi connectivity index (χ1v) is 4.17. The van der Waals surface area contributed by atoms with Gasteiger partial charge in [-0.3, -0.25) is 4.79 Å². The fourth-order valence-electron chi connectivity index (χ4n) is 1.53. The molecule has 1 fully saturated rings. The molecular weight excluding hydrogens is 172 g/mol. The van der Waals surface area contributed by atoms with Gasteiger partial charge in [0, 0.05) is 19.9 Å². The molecule has 0 bridgehead atoms. The van der Waals surface area contributed by atoms with Crippen molar-refractivity contribution in [1.82, 2.24) is 4.90 Å². The lowest BCUT2D eigenvalue weighted by molar-refractivity contribution is -0.128. The third-order valence-corrected chi connectivity index (χ3v) is 2.23. The Morgan fingerprint density at radius 3 is 2.54 bits per heavy atom. The number of carbonyl (C=O) groups is 2. The van der Waals surface area contributed by atoms with Crippen LogP contribution in [0.2, 0.25) is 0 Å². The lowest BCUT2D eigenvalue weighted by atomic mass is 10.1. The van der Waals surface area contributed by atoms with Crippen LogP contribution >= 0.6 is 0 Å². The number of primary amides is 1. The van der Waals surface area contributed by atoms with E-state index in [0.717, 1.165) is 0 Å². The SMILES string of the molecule is CC(=O)N1CCC(C)(OC(N)=O)C1. The minimum Gasteiger partial charge on any atom is -0.441 e. The first-order chi connectivity index (χ1) is 5.93. The van der Waals surface area contributed by atoms with Gasteiger partial charge in [-0.05, 0) is 6.92 Å². The van der Waals surface area contributed by atoms with E-state index in [1.807, 2.05) is 0 Å². The number of amides is 2. The highest BCUT2D eigenvalue weighted by Gasteiger charge is 2.37. The number of nitrogens with zero attached hydrogens (tertiary/aromatic N) is 1. The monoisotopic (exact) mass is 186 g/mol. The van der Waals surface area contributed by atoms with E-state index in [1.165, 1.54) is 6.92 Å². The van der Waals surface area contributed by atoms with Crippen molar-refractivity contribution in [2.45, 2.75) is 25.9 Å². The van der Waals surface area contributed by atoms with Crippen molar-refractivity contribution in [3.63, 3.8) is 0 Å². The van der Waals surface area contributed by atoms with Crippen LogP contribution in [0, 0.1) is 0 Å². The number of carbonyl (C=O) groups excluding carboxylic acids is 2. The molecule has 5 heteroatoms. The maximum atomic E-state index is 11.0. The van der Waals surface area contributed by atoms with Crippen LogP contribution in [0.4, 0.5) is 4.79 Å². The molecule has 1 heterocycles. The number of hydrogen-bond donors (Lipinski definition) is 1. The van der Waals surface area contributed by atoms with E-state index in [1.54, 1.807) is 11.8 Å². The lowest BCUT2D eigenvalue weighted by Gasteiger charge is -2.23. The van der Waals surface area contributed by atoms with Gasteiger partial charge in [-0.1, -0.05) is 0 Å². The van der Waals surface area contributed by atoms with Crippen molar-refractivity contribution >= 4 is 12.0 Å². The van der Waals surface area contributed by atoms with E-state index in [4.69, 9.17) is 10.5 Å². The molecule has 0 aliphatic carbocycles. The highest BCUT2D eigenvalue weighted by atomic mass is 16.6. The average molecular weight is 186 g/mol. The van der Waals surface area contributed by atoms with Gasteiger partial charge in [0.25, 0.3) is 0 Å². The van der Waals surface area contributed by atoms with Gasteiger partial charge in [-0.15, -0.1) is 0 Å². The summed E-state index contributed by atoms with van der Waals surface area (Å²) in [7, 11) is 0. The fraction of sp³-hybridized carbons (Fsp3) is 0.750. The average Bonchev–Trinajstić information content (AvgIpc) is 2.29. The number of ether oxygens (including phenoxy) is 1. The number of hydrogen-bond acceptors (Lipinski definition) is 3. The predicted octanol–water partition coefficient (Wildman–Crippen LogP) is 0.0926. The molecule has 2 amide bonds. The van der Waals surface area contributed by atoms with E-state index in [0.29, 0.717) is 19.5 Å². The van der Waals surface area contributed by atoms with Crippen molar-refractivity contribution in [3.8, 4) is 0 Å². The van der Waals surface area contributed by atoms with Crippen LogP contribution < -0.4 is 5.73 Å². The quantitative estimate of drug-likeness (QED) is 0.630. The normalized spacial score (nSPS) is 27.4. The van der Waals surface area contributed by atoms with Crippen molar-refractivity contribution in [2.75, 3.05) is 13.1 Å². The molecule has 0 saturated carbocycles. The van der Waals surface area contributed by atoms with Crippen LogP contribution in [0.25, 0.3) is 0 Å². The Labute approximate surface area is 76.8 Å². The summed E-state index contributed by atoms with van der Waals surface area (Å²) in [6.07, 6.45) is -0.136. The van der Waals surface area contributed by atoms with Crippen molar-refractivity contribution in [2.24, 2.45) is 5.73 Å². The topological polar surface area (TPSA) is 72.6 Å². The molecule has 1 aliphatic rings. The molecule has 0 aromatic heterocycles. The second kappa shape index (κ2) is 3.24. The van der Waals surface area contributed by atoms with E-state index < -0.39 is 11.7 Å². The maximum absolute atomic E-state index is 11.0. The second-order valence-corrected chi connectivity index (χ2v) is 3.56. The maximum Gasteiger partial charge on any atom is 0.405 e. The third kappa shape index (κ3) is 2.34. The van der Waals surface area contributed by atoms with E-state index >= 15 is 0 Å². The van der Waals surface area contributed by atoms with Gasteiger partial charge in [-0.25, -0.2) is 4.79 Å². The van der Waals surface area contributed by atoms with Gasteiger partial charge in [0.15, 0.2) is 0 Å². The standard InChI is InChI=1S/C8H14N2O3/c1-6(11)10-4-3-8(2,5-10)13-7(9)12/h3-5H2,1-2H3,(H2,9,12). The summed E-state index contributed by atoms with van der Waals surface area (Å²) in [5, 5.41) is 0. The summed E-state index contributed by atoms with van der Waals surface area (Å²) in [6, 6.07) is 0. The first-order valence-electron chi connectivity index (χ1n) is 4.17. The number of nitrogens with two attached hydrogens (primary N) is 1. The molecule has 74 valence electrons. The van der Waals surface area contributed by atoms with Gasteiger partial charge < -0.3 is 15.4 Å². The highest BCUT2D eigenvalue weighted by Crippen LogP contribution is 2.24. The van der Waals surface area contributed by atoms with Crippen LogP contribution in [0.3, 0.4) is 0 Å². The summed E-state index contributed by atoms with van der Waals surface area (Å²) >= 11 is 0. The van der Waals surface area contributed by atoms with E-state index in [-0.39, 0.29) is 5.91 Å². The molecule has 0 spiro atoms. The summed E-state index contributed by atoms with van der Waals surface area (Å²) in [6.45, 7) is 4.33. The van der Waals surface area contributed by atoms with Crippen LogP contribution in [0.1, 0.15) is 20.3 Å². The molecule has 1 rings (SSSR count). The molecule has 1 aliphatic heterocycles. The highest BCUT2D eigenvalue weighted by molar-refractivity contribution is 5.74. The van der Waals surface area contributed by atoms with Crippen molar-refractivity contribution < 1.29 is 14.3 Å². The summed E-state index contributed by atoms with van der Waals surface area (Å²) in [4.78, 5) is 23.1. The molecular formula is C8H14N2O3. The van der Waals surface area contributed by atoms with Crippen LogP contribution in [-0.4, -0.2) is 35.6 Å². The molecule has 1 unspecified atom stereocenters. The zero-order valence-electron chi connectivity index (χ0n) is 7.87. The molecule has 0 radical (unpaired) electrons. The number of rotatable bonds is 1. The van der Waals surface area contributed by atoms with Crippen LogP contribution in [-0.2, 0) is 9.53 Å². The predicted molar refractivity (Wildman–Crippen MR) is 45.9 cm³/mol. The van der Waals surface area contributed by atoms with Crippen LogP contribution in [0.5, 0.6) is 0 Å². The largest absolute Gasteiger partial charge is 0.441 e. The summed E-state index contributed by atoms with van der Waals surface area (Å²) < 4.78 is 4.92. The molecule has 1 atom stereocenters. The van der Waals surface area contributed by atoms with Gasteiger partial charge >= 0.3 is 6.09 Å². The van der Waals surface area contributed by atoms with Crippen molar-refractivity contribution in [3.05, 3.63) is 0 Å². The Bertz CT molecular complexity index is 242. The molecule has 1 saturated heterocycles. The first kappa shape index (κ1) is 9.83. The molecule has 0 aromatic rings. The summed E-state index contributed by atoms with van der Waals surface area (Å²) in [5.41, 5.74) is 4.31. The van der Waals surface area contributed by atoms with Gasteiger partial charge in [0.2, 0.25) is 5.91 Å². The molecule has 2 N–H and O–H groups in total. The fourth-order valence-corrected chi connectivity index (χ4v) is 1.53. The van der Waals surface area contributed by atoms with Gasteiger partial charge in [0.1, 0.15) is 5.60 Å². The Morgan fingerprint density at radius 2 is 2.15 bits per heavy atom. The van der Waals surface area contributed by atoms with Gasteiger partial charge in [-0.2, -0.15) is 0 Å². The summed E-state index contributed by atoms with van der Waals surface area (Å²) in [5.74, 6) is -0.00297.